The van der Waals surface area contributed by atoms with Crippen LogP contribution in [-0.2, 0) is 4.74 Å². The third-order valence-corrected chi connectivity index (χ3v) is 8.48. The van der Waals surface area contributed by atoms with Gasteiger partial charge < -0.3 is 15.0 Å². The first kappa shape index (κ1) is 39.2. The SMILES string of the molecule is CCCCCCCCN(CCCCCCCC)C(=O)c1nc(NNC(=O)NCCCOC(CC)CCCCC)c2ccccc2n1. The van der Waals surface area contributed by atoms with Gasteiger partial charge in [0.1, 0.15) is 0 Å². The predicted molar refractivity (Wildman–Crippen MR) is 191 cm³/mol. The summed E-state index contributed by atoms with van der Waals surface area (Å²) in [5.41, 5.74) is 6.30. The molecule has 3 amide bonds. The molecule has 0 spiro atoms. The standard InChI is InChI=1S/C37H64N6O3/c1-5-9-12-14-16-21-28-43(29-22-17-15-13-10-6-2)36(44)35-39-33-26-20-19-25-32(33)34(40-35)41-42-37(45)38-27-23-30-46-31(8-4)24-18-11-7-3/h19-20,25-26,31H,5-18,21-24,27-30H2,1-4H3,(H2,38,42,45)(H,39,40,41). The number of amides is 3. The molecule has 0 aliphatic rings. The van der Waals surface area contributed by atoms with Crippen molar-refractivity contribution < 1.29 is 14.3 Å². The Kier molecular flexibility index (Phi) is 21.5. The lowest BCUT2D eigenvalue weighted by molar-refractivity contribution is 0.0421. The highest BCUT2D eigenvalue weighted by atomic mass is 16.5. The fraction of sp³-hybridized carbons (Fsp3) is 0.730. The monoisotopic (exact) mass is 641 g/mol. The summed E-state index contributed by atoms with van der Waals surface area (Å²) in [6, 6.07) is 7.19. The summed E-state index contributed by atoms with van der Waals surface area (Å²) in [4.78, 5) is 37.6. The summed E-state index contributed by atoms with van der Waals surface area (Å²) in [6.07, 6.45) is 20.8. The Bertz CT molecular complexity index is 1080. The van der Waals surface area contributed by atoms with E-state index in [2.05, 4.69) is 53.8 Å². The molecule has 46 heavy (non-hydrogen) atoms. The van der Waals surface area contributed by atoms with Crippen molar-refractivity contribution in [1.82, 2.24) is 25.6 Å². The molecule has 2 rings (SSSR count). The molecule has 1 unspecified atom stereocenters. The summed E-state index contributed by atoms with van der Waals surface area (Å²) in [7, 11) is 0. The lowest BCUT2D eigenvalue weighted by atomic mass is 10.1. The van der Waals surface area contributed by atoms with Crippen LogP contribution in [0.5, 0.6) is 0 Å². The number of anilines is 1. The topological polar surface area (TPSA) is 108 Å². The number of benzene rings is 1. The van der Waals surface area contributed by atoms with Crippen LogP contribution in [0.25, 0.3) is 10.9 Å². The molecule has 260 valence electrons. The fourth-order valence-corrected chi connectivity index (χ4v) is 5.60. The summed E-state index contributed by atoms with van der Waals surface area (Å²) < 4.78 is 6.00. The maximum absolute atomic E-state index is 13.8. The first-order chi connectivity index (χ1) is 22.5. The molecule has 3 N–H and O–H groups in total. The van der Waals surface area contributed by atoms with Crippen LogP contribution in [0.4, 0.5) is 10.6 Å². The zero-order valence-electron chi connectivity index (χ0n) is 29.5. The summed E-state index contributed by atoms with van der Waals surface area (Å²) in [5, 5.41) is 3.61. The Morgan fingerprint density at radius 1 is 0.761 bits per heavy atom. The van der Waals surface area contributed by atoms with Crippen LogP contribution in [0.3, 0.4) is 0 Å². The number of hydrogen-bond acceptors (Lipinski definition) is 6. The van der Waals surface area contributed by atoms with Crippen LogP contribution in [0.15, 0.2) is 24.3 Å². The van der Waals surface area contributed by atoms with Crippen molar-refractivity contribution in [2.45, 2.75) is 149 Å². The predicted octanol–water partition coefficient (Wildman–Crippen LogP) is 9.18. The van der Waals surface area contributed by atoms with Crippen molar-refractivity contribution in [1.29, 1.82) is 0 Å². The number of fused-ring (bicyclic) bond motifs is 1. The molecule has 0 saturated carbocycles. The van der Waals surface area contributed by atoms with Gasteiger partial charge in [-0.3, -0.25) is 15.6 Å². The van der Waals surface area contributed by atoms with Crippen molar-refractivity contribution >= 4 is 28.7 Å². The quantitative estimate of drug-likeness (QED) is 0.0664. The van der Waals surface area contributed by atoms with Crippen LogP contribution in [0.1, 0.15) is 154 Å². The molecule has 2 aromatic rings. The Morgan fingerprint density at radius 2 is 1.37 bits per heavy atom. The summed E-state index contributed by atoms with van der Waals surface area (Å²) in [5.74, 6) is 0.409. The van der Waals surface area contributed by atoms with Gasteiger partial charge in [0.2, 0.25) is 5.82 Å². The van der Waals surface area contributed by atoms with E-state index in [-0.39, 0.29) is 23.9 Å². The average molecular weight is 641 g/mol. The Hall–Kier alpha value is -2.94. The molecule has 0 saturated heterocycles. The van der Waals surface area contributed by atoms with Crippen LogP contribution >= 0.6 is 0 Å². The molecule has 0 aliphatic heterocycles. The maximum Gasteiger partial charge on any atom is 0.333 e. The third kappa shape index (κ3) is 16.1. The van der Waals surface area contributed by atoms with Crippen LogP contribution in [0.2, 0.25) is 0 Å². The minimum Gasteiger partial charge on any atom is -0.378 e. The first-order valence-electron chi connectivity index (χ1n) is 18.5. The zero-order valence-corrected chi connectivity index (χ0v) is 29.5. The molecule has 1 heterocycles. The van der Waals surface area contributed by atoms with E-state index >= 15 is 0 Å². The molecule has 0 aliphatic carbocycles. The molecule has 1 aromatic carbocycles. The number of urea groups is 1. The van der Waals surface area contributed by atoms with Gasteiger partial charge in [-0.25, -0.2) is 14.8 Å². The molecule has 0 radical (unpaired) electrons. The minimum atomic E-state index is -0.363. The highest BCUT2D eigenvalue weighted by molar-refractivity contribution is 5.96. The van der Waals surface area contributed by atoms with E-state index in [0.29, 0.717) is 37.6 Å². The molecule has 9 heteroatoms. The van der Waals surface area contributed by atoms with E-state index in [9.17, 15) is 9.59 Å². The van der Waals surface area contributed by atoms with Gasteiger partial charge >= 0.3 is 6.03 Å². The second-order valence-corrected chi connectivity index (χ2v) is 12.5. The van der Waals surface area contributed by atoms with Gasteiger partial charge in [0.15, 0.2) is 5.82 Å². The highest BCUT2D eigenvalue weighted by Crippen LogP contribution is 2.21. The smallest absolute Gasteiger partial charge is 0.333 e. The van der Waals surface area contributed by atoms with Crippen LogP contribution in [0, 0.1) is 0 Å². The van der Waals surface area contributed by atoms with Gasteiger partial charge in [-0.1, -0.05) is 123 Å². The van der Waals surface area contributed by atoms with Crippen molar-refractivity contribution in [3.8, 4) is 0 Å². The number of aromatic nitrogens is 2. The van der Waals surface area contributed by atoms with E-state index in [1.807, 2.05) is 29.2 Å². The number of nitrogens with one attached hydrogen (secondary N) is 3. The maximum atomic E-state index is 13.8. The number of unbranched alkanes of at least 4 members (excludes halogenated alkanes) is 12. The number of nitrogens with zero attached hydrogens (tertiary/aromatic N) is 3. The van der Waals surface area contributed by atoms with Gasteiger partial charge in [0, 0.05) is 31.6 Å². The highest BCUT2D eigenvalue weighted by Gasteiger charge is 2.21. The van der Waals surface area contributed by atoms with E-state index in [4.69, 9.17) is 4.74 Å². The van der Waals surface area contributed by atoms with Gasteiger partial charge in [-0.05, 0) is 44.2 Å². The number of rotatable bonds is 27. The second-order valence-electron chi connectivity index (χ2n) is 12.5. The molecule has 1 aromatic heterocycles. The normalized spacial score (nSPS) is 11.8. The van der Waals surface area contributed by atoms with Crippen molar-refractivity contribution in [2.24, 2.45) is 0 Å². The van der Waals surface area contributed by atoms with E-state index in [0.717, 1.165) is 50.3 Å². The van der Waals surface area contributed by atoms with Crippen LogP contribution < -0.4 is 16.2 Å². The minimum absolute atomic E-state index is 0.152. The molecular formula is C37H64N6O3. The van der Waals surface area contributed by atoms with E-state index < -0.39 is 0 Å². The summed E-state index contributed by atoms with van der Waals surface area (Å²) in [6.45, 7) is 11.4. The van der Waals surface area contributed by atoms with E-state index in [1.54, 1.807) is 0 Å². The molecule has 9 nitrogen and oxygen atoms in total. The first-order valence-corrected chi connectivity index (χ1v) is 18.5. The lowest BCUT2D eigenvalue weighted by Gasteiger charge is -2.22. The number of carbonyl (C=O) groups is 2. The number of carbonyl (C=O) groups excluding carboxylic acids is 2. The van der Waals surface area contributed by atoms with Gasteiger partial charge in [0.25, 0.3) is 5.91 Å². The number of para-hydroxylation sites is 1. The van der Waals surface area contributed by atoms with Crippen molar-refractivity contribution in [3.63, 3.8) is 0 Å². The molecule has 1 atom stereocenters. The largest absolute Gasteiger partial charge is 0.378 e. The number of hydrogen-bond donors (Lipinski definition) is 3. The van der Waals surface area contributed by atoms with Gasteiger partial charge in [0.05, 0.1) is 11.6 Å². The van der Waals surface area contributed by atoms with Crippen molar-refractivity contribution in [3.05, 3.63) is 30.1 Å². The fourth-order valence-electron chi connectivity index (χ4n) is 5.60. The van der Waals surface area contributed by atoms with E-state index in [1.165, 1.54) is 70.6 Å². The Labute approximate surface area is 279 Å². The molecule has 0 bridgehead atoms. The second kappa shape index (κ2) is 25.2. The average Bonchev–Trinajstić information content (AvgIpc) is 3.07. The van der Waals surface area contributed by atoms with Crippen molar-refractivity contribution in [2.75, 3.05) is 31.7 Å². The number of hydrazine groups is 1. The zero-order chi connectivity index (χ0) is 33.2. The van der Waals surface area contributed by atoms with Gasteiger partial charge in [-0.15, -0.1) is 0 Å². The Balaban J connectivity index is 1.98. The summed E-state index contributed by atoms with van der Waals surface area (Å²) >= 11 is 0. The molecular weight excluding hydrogens is 576 g/mol. The van der Waals surface area contributed by atoms with Gasteiger partial charge in [-0.2, -0.15) is 0 Å². The lowest BCUT2D eigenvalue weighted by Crippen LogP contribution is -2.40. The van der Waals surface area contributed by atoms with Crippen LogP contribution in [-0.4, -0.2) is 59.2 Å². The Morgan fingerprint density at radius 3 is 2.02 bits per heavy atom. The third-order valence-electron chi connectivity index (χ3n) is 8.48. The molecule has 0 fully saturated rings. The number of ether oxygens (including phenoxy) is 1.